The molecule has 2 unspecified atom stereocenters. The van der Waals surface area contributed by atoms with Crippen molar-refractivity contribution in [3.05, 3.63) is 47.5 Å². The van der Waals surface area contributed by atoms with Gasteiger partial charge in [-0.3, -0.25) is 0 Å². The van der Waals surface area contributed by atoms with E-state index in [1.807, 2.05) is 0 Å². The molecule has 1 heteroatoms. The summed E-state index contributed by atoms with van der Waals surface area (Å²) in [6.07, 6.45) is 1.19. The first kappa shape index (κ1) is 12.6. The van der Waals surface area contributed by atoms with Gasteiger partial charge in [0.1, 0.15) is 0 Å². The third-order valence-corrected chi connectivity index (χ3v) is 4.97. The minimum Gasteiger partial charge on any atom is -0.0836 e. The van der Waals surface area contributed by atoms with E-state index in [1.165, 1.54) is 28.3 Å². The van der Waals surface area contributed by atoms with Crippen LogP contribution >= 0.6 is 15.9 Å². The van der Waals surface area contributed by atoms with E-state index < -0.39 is 0 Å². The highest BCUT2D eigenvalue weighted by Gasteiger charge is 2.18. The van der Waals surface area contributed by atoms with Crippen LogP contribution in [0.3, 0.4) is 0 Å². The summed E-state index contributed by atoms with van der Waals surface area (Å²) in [5.41, 5.74) is 2.84. The van der Waals surface area contributed by atoms with Gasteiger partial charge in [-0.2, -0.15) is 0 Å². The highest BCUT2D eigenvalue weighted by Crippen LogP contribution is 2.38. The largest absolute Gasteiger partial charge is 0.0836 e. The lowest BCUT2D eigenvalue weighted by Crippen LogP contribution is -2.04. The molecular weight excluding hydrogens is 272 g/mol. The zero-order chi connectivity index (χ0) is 12.4. The average molecular weight is 291 g/mol. The van der Waals surface area contributed by atoms with E-state index in [9.17, 15) is 0 Å². The summed E-state index contributed by atoms with van der Waals surface area (Å²) in [7, 11) is 0. The first-order valence-corrected chi connectivity index (χ1v) is 7.19. The molecule has 0 nitrogen and oxygen atoms in total. The SMILES string of the molecule is CCC(C)C(Br)c1c(C)ccc2ccccc12. The number of halogens is 1. The van der Waals surface area contributed by atoms with Crippen molar-refractivity contribution in [1.82, 2.24) is 0 Å². The lowest BCUT2D eigenvalue weighted by atomic mass is 9.91. The van der Waals surface area contributed by atoms with Gasteiger partial charge < -0.3 is 0 Å². The molecule has 0 aliphatic rings. The van der Waals surface area contributed by atoms with E-state index in [2.05, 4.69) is 73.1 Å². The van der Waals surface area contributed by atoms with E-state index >= 15 is 0 Å². The van der Waals surface area contributed by atoms with Gasteiger partial charge >= 0.3 is 0 Å². The van der Waals surface area contributed by atoms with Crippen molar-refractivity contribution in [2.45, 2.75) is 32.0 Å². The third kappa shape index (κ3) is 2.40. The maximum atomic E-state index is 3.88. The summed E-state index contributed by atoms with van der Waals surface area (Å²) in [6.45, 7) is 6.76. The molecule has 0 amide bonds. The van der Waals surface area contributed by atoms with Gasteiger partial charge in [0, 0.05) is 4.83 Å². The van der Waals surface area contributed by atoms with E-state index in [0.717, 1.165) is 0 Å². The zero-order valence-corrected chi connectivity index (χ0v) is 12.3. The number of alkyl halides is 1. The molecular formula is C16H19Br. The molecule has 0 aromatic heterocycles. The summed E-state index contributed by atoms with van der Waals surface area (Å²) in [4.78, 5) is 0.443. The first-order valence-electron chi connectivity index (χ1n) is 6.27. The Labute approximate surface area is 112 Å². The van der Waals surface area contributed by atoms with E-state index in [-0.39, 0.29) is 0 Å². The summed E-state index contributed by atoms with van der Waals surface area (Å²) in [5, 5.41) is 2.72. The Bertz CT molecular complexity index is 516. The zero-order valence-electron chi connectivity index (χ0n) is 10.7. The van der Waals surface area contributed by atoms with Crippen molar-refractivity contribution in [3.63, 3.8) is 0 Å². The van der Waals surface area contributed by atoms with E-state index in [0.29, 0.717) is 10.7 Å². The summed E-state index contributed by atoms with van der Waals surface area (Å²) >= 11 is 3.88. The number of benzene rings is 2. The monoisotopic (exact) mass is 290 g/mol. The lowest BCUT2D eigenvalue weighted by molar-refractivity contribution is 0.556. The van der Waals surface area contributed by atoms with E-state index in [1.54, 1.807) is 0 Å². The van der Waals surface area contributed by atoms with Crippen LogP contribution in [0.5, 0.6) is 0 Å². The second-order valence-electron chi connectivity index (χ2n) is 4.80. The second-order valence-corrected chi connectivity index (χ2v) is 5.79. The van der Waals surface area contributed by atoms with E-state index in [4.69, 9.17) is 0 Å². The summed E-state index contributed by atoms with van der Waals surface area (Å²) in [6, 6.07) is 13.1. The van der Waals surface area contributed by atoms with Gasteiger partial charge in [0.05, 0.1) is 0 Å². The standard InChI is InChI=1S/C16H19Br/c1-4-11(2)16(17)15-12(3)9-10-13-7-5-6-8-14(13)15/h5-11,16H,4H2,1-3H3. The molecule has 0 N–H and O–H groups in total. The fourth-order valence-electron chi connectivity index (χ4n) is 2.26. The molecule has 0 spiro atoms. The van der Waals surface area contributed by atoms with Crippen molar-refractivity contribution in [3.8, 4) is 0 Å². The van der Waals surface area contributed by atoms with Gasteiger partial charge in [-0.1, -0.05) is 72.6 Å². The van der Waals surface area contributed by atoms with Gasteiger partial charge in [-0.25, -0.2) is 0 Å². The number of aryl methyl sites for hydroxylation is 1. The Morgan fingerprint density at radius 2 is 1.82 bits per heavy atom. The minimum atomic E-state index is 0.443. The number of rotatable bonds is 3. The normalized spacial score (nSPS) is 14.8. The molecule has 0 aliphatic carbocycles. The van der Waals surface area contributed by atoms with Crippen LogP contribution in [0, 0.1) is 12.8 Å². The van der Waals surface area contributed by atoms with Crippen molar-refractivity contribution >= 4 is 26.7 Å². The van der Waals surface area contributed by atoms with Crippen molar-refractivity contribution < 1.29 is 0 Å². The molecule has 0 fully saturated rings. The predicted molar refractivity (Wildman–Crippen MR) is 79.8 cm³/mol. The molecule has 0 saturated heterocycles. The number of hydrogen-bond acceptors (Lipinski definition) is 0. The molecule has 0 saturated carbocycles. The molecule has 2 rings (SSSR count). The van der Waals surface area contributed by atoms with Gasteiger partial charge in [0.2, 0.25) is 0 Å². The smallest absolute Gasteiger partial charge is 0.0429 e. The van der Waals surface area contributed by atoms with Crippen LogP contribution < -0.4 is 0 Å². The van der Waals surface area contributed by atoms with Crippen molar-refractivity contribution in [2.24, 2.45) is 5.92 Å². The molecule has 0 aliphatic heterocycles. The number of hydrogen-bond donors (Lipinski definition) is 0. The van der Waals surface area contributed by atoms with Gasteiger partial charge in [-0.05, 0) is 34.7 Å². The molecule has 0 heterocycles. The Hall–Kier alpha value is -0.820. The quantitative estimate of drug-likeness (QED) is 0.643. The van der Waals surface area contributed by atoms with Crippen LogP contribution in [-0.4, -0.2) is 0 Å². The number of fused-ring (bicyclic) bond motifs is 1. The van der Waals surface area contributed by atoms with Crippen LogP contribution in [0.1, 0.15) is 36.2 Å². The Kier molecular flexibility index (Phi) is 3.88. The van der Waals surface area contributed by atoms with Gasteiger partial charge in [-0.15, -0.1) is 0 Å². The molecule has 2 atom stereocenters. The minimum absolute atomic E-state index is 0.443. The maximum Gasteiger partial charge on any atom is 0.0429 e. The Balaban J connectivity index is 2.62. The van der Waals surface area contributed by atoms with Crippen molar-refractivity contribution in [1.29, 1.82) is 0 Å². The molecule has 90 valence electrons. The third-order valence-electron chi connectivity index (χ3n) is 3.61. The predicted octanol–water partition coefficient (Wildman–Crippen LogP) is 5.63. The summed E-state index contributed by atoms with van der Waals surface area (Å²) in [5.74, 6) is 0.652. The maximum absolute atomic E-state index is 3.88. The van der Waals surface area contributed by atoms with Gasteiger partial charge in [0.15, 0.2) is 0 Å². The second kappa shape index (κ2) is 5.22. The van der Waals surface area contributed by atoms with Crippen molar-refractivity contribution in [2.75, 3.05) is 0 Å². The average Bonchev–Trinajstić information content (AvgIpc) is 2.37. The Morgan fingerprint density at radius 1 is 1.12 bits per heavy atom. The fourth-order valence-corrected chi connectivity index (χ4v) is 3.24. The molecule has 0 bridgehead atoms. The summed E-state index contributed by atoms with van der Waals surface area (Å²) < 4.78 is 0. The topological polar surface area (TPSA) is 0 Å². The van der Waals surface area contributed by atoms with Crippen LogP contribution in [-0.2, 0) is 0 Å². The lowest BCUT2D eigenvalue weighted by Gasteiger charge is -2.21. The highest BCUT2D eigenvalue weighted by atomic mass is 79.9. The molecule has 2 aromatic rings. The fraction of sp³-hybridized carbons (Fsp3) is 0.375. The van der Waals surface area contributed by atoms with Gasteiger partial charge in [0.25, 0.3) is 0 Å². The molecule has 17 heavy (non-hydrogen) atoms. The molecule has 2 aromatic carbocycles. The molecule has 0 radical (unpaired) electrons. The highest BCUT2D eigenvalue weighted by molar-refractivity contribution is 9.09. The van der Waals surface area contributed by atoms with Crippen LogP contribution in [0.25, 0.3) is 10.8 Å². The van der Waals surface area contributed by atoms with Crippen LogP contribution in [0.2, 0.25) is 0 Å². The first-order chi connectivity index (χ1) is 8.15. The Morgan fingerprint density at radius 3 is 2.53 bits per heavy atom. The van der Waals surface area contributed by atoms with Crippen LogP contribution in [0.15, 0.2) is 36.4 Å². The van der Waals surface area contributed by atoms with Crippen LogP contribution in [0.4, 0.5) is 0 Å².